The molecule has 0 aliphatic carbocycles. The Balaban J connectivity index is 2.33. The molecule has 0 fully saturated rings. The first-order valence-corrected chi connectivity index (χ1v) is 8.48. The first-order chi connectivity index (χ1) is 9.53. The normalized spacial score (nSPS) is 26.8. The van der Waals surface area contributed by atoms with Crippen LogP contribution in [0.25, 0.3) is 0 Å². The molecular formula is C17H26BrNO. The van der Waals surface area contributed by atoms with E-state index in [9.17, 15) is 0 Å². The highest BCUT2D eigenvalue weighted by Gasteiger charge is 2.40. The average Bonchev–Trinajstić information content (AvgIpc) is 2.46. The van der Waals surface area contributed by atoms with Crippen molar-refractivity contribution < 1.29 is 4.74 Å². The van der Waals surface area contributed by atoms with Crippen LogP contribution in [0.3, 0.4) is 0 Å². The Morgan fingerprint density at radius 3 is 2.80 bits per heavy atom. The predicted molar refractivity (Wildman–Crippen MR) is 88.3 cm³/mol. The van der Waals surface area contributed by atoms with Crippen LogP contribution in [-0.4, -0.2) is 12.6 Å². The van der Waals surface area contributed by atoms with E-state index in [1.807, 2.05) is 7.05 Å². The van der Waals surface area contributed by atoms with E-state index in [1.54, 1.807) is 0 Å². The maximum atomic E-state index is 6.47. The monoisotopic (exact) mass is 339 g/mol. The summed E-state index contributed by atoms with van der Waals surface area (Å²) in [6.45, 7) is 6.84. The lowest BCUT2D eigenvalue weighted by Crippen LogP contribution is -2.44. The number of hydrogen-bond acceptors (Lipinski definition) is 2. The summed E-state index contributed by atoms with van der Waals surface area (Å²) < 4.78 is 7.58. The van der Waals surface area contributed by atoms with Gasteiger partial charge in [0.2, 0.25) is 0 Å². The lowest BCUT2D eigenvalue weighted by molar-refractivity contribution is 0.00652. The third-order valence-electron chi connectivity index (χ3n) is 4.66. The van der Waals surface area contributed by atoms with Gasteiger partial charge in [0.25, 0.3) is 0 Å². The van der Waals surface area contributed by atoms with Gasteiger partial charge in [-0.1, -0.05) is 43.1 Å². The molecule has 0 spiro atoms. The third kappa shape index (κ3) is 3.20. The highest BCUT2D eigenvalue weighted by Crippen LogP contribution is 2.44. The molecule has 2 nitrogen and oxygen atoms in total. The van der Waals surface area contributed by atoms with Gasteiger partial charge in [0, 0.05) is 22.5 Å². The van der Waals surface area contributed by atoms with Crippen molar-refractivity contribution in [3.8, 4) is 5.75 Å². The summed E-state index contributed by atoms with van der Waals surface area (Å²) in [5.74, 6) is 1.74. The number of benzene rings is 1. The molecular weight excluding hydrogens is 314 g/mol. The summed E-state index contributed by atoms with van der Waals surface area (Å²) in [6, 6.07) is 6.73. The van der Waals surface area contributed by atoms with E-state index in [4.69, 9.17) is 4.74 Å². The fourth-order valence-electron chi connectivity index (χ4n) is 3.16. The van der Waals surface area contributed by atoms with Crippen LogP contribution in [0.5, 0.6) is 5.75 Å². The number of nitrogens with one attached hydrogen (secondary N) is 1. The minimum absolute atomic E-state index is 0.0239. The number of ether oxygens (including phenoxy) is 1. The average molecular weight is 340 g/mol. The summed E-state index contributed by atoms with van der Waals surface area (Å²) in [4.78, 5) is 0. The molecule has 0 bridgehead atoms. The van der Waals surface area contributed by atoms with Crippen molar-refractivity contribution in [2.24, 2.45) is 5.92 Å². The van der Waals surface area contributed by atoms with Gasteiger partial charge in [-0.2, -0.15) is 0 Å². The van der Waals surface area contributed by atoms with Crippen molar-refractivity contribution in [3.63, 3.8) is 0 Å². The zero-order valence-electron chi connectivity index (χ0n) is 13.0. The molecule has 0 saturated heterocycles. The Morgan fingerprint density at radius 2 is 2.20 bits per heavy atom. The summed E-state index contributed by atoms with van der Waals surface area (Å²) in [6.07, 6.45) is 4.45. The second-order valence-corrected chi connectivity index (χ2v) is 7.00. The molecule has 3 unspecified atom stereocenters. The zero-order chi connectivity index (χ0) is 14.8. The second kappa shape index (κ2) is 6.48. The van der Waals surface area contributed by atoms with Crippen LogP contribution in [-0.2, 0) is 0 Å². The molecule has 112 valence electrons. The molecule has 0 amide bonds. The van der Waals surface area contributed by atoms with Crippen LogP contribution in [0, 0.1) is 5.92 Å². The molecule has 2 rings (SSSR count). The Morgan fingerprint density at radius 1 is 1.45 bits per heavy atom. The molecule has 1 aliphatic heterocycles. The van der Waals surface area contributed by atoms with Crippen LogP contribution in [0.2, 0.25) is 0 Å². The van der Waals surface area contributed by atoms with Gasteiger partial charge in [-0.3, -0.25) is 0 Å². The van der Waals surface area contributed by atoms with Gasteiger partial charge >= 0.3 is 0 Å². The molecule has 20 heavy (non-hydrogen) atoms. The number of rotatable bonds is 5. The summed E-state index contributed by atoms with van der Waals surface area (Å²) in [7, 11) is 2.05. The van der Waals surface area contributed by atoms with Crippen LogP contribution >= 0.6 is 15.9 Å². The fourth-order valence-corrected chi connectivity index (χ4v) is 3.54. The molecule has 0 aromatic heterocycles. The third-order valence-corrected chi connectivity index (χ3v) is 5.15. The van der Waals surface area contributed by atoms with Crippen molar-refractivity contribution >= 4 is 15.9 Å². The molecule has 1 N–H and O–H groups in total. The van der Waals surface area contributed by atoms with Gasteiger partial charge < -0.3 is 10.1 Å². The highest BCUT2D eigenvalue weighted by atomic mass is 79.9. The van der Waals surface area contributed by atoms with E-state index < -0.39 is 0 Å². The van der Waals surface area contributed by atoms with E-state index in [2.05, 4.69) is 60.2 Å². The number of halogens is 1. The maximum Gasteiger partial charge on any atom is 0.125 e. The molecule has 3 atom stereocenters. The predicted octanol–water partition coefficient (Wildman–Crippen LogP) is 5.08. The lowest BCUT2D eigenvalue weighted by atomic mass is 9.79. The van der Waals surface area contributed by atoms with Gasteiger partial charge in [0.1, 0.15) is 11.4 Å². The minimum Gasteiger partial charge on any atom is -0.487 e. The number of fused-ring (bicyclic) bond motifs is 1. The van der Waals surface area contributed by atoms with Gasteiger partial charge in [-0.15, -0.1) is 0 Å². The van der Waals surface area contributed by atoms with Crippen LogP contribution in [0.15, 0.2) is 22.7 Å². The van der Waals surface area contributed by atoms with E-state index in [1.165, 1.54) is 12.0 Å². The SMILES string of the molecule is CCC(C)CC1(CC)CC(NC)c2cc(Br)ccc2O1. The van der Waals surface area contributed by atoms with Crippen molar-refractivity contribution in [2.45, 2.75) is 58.1 Å². The van der Waals surface area contributed by atoms with Gasteiger partial charge in [0.15, 0.2) is 0 Å². The van der Waals surface area contributed by atoms with Gasteiger partial charge in [-0.25, -0.2) is 0 Å². The highest BCUT2D eigenvalue weighted by molar-refractivity contribution is 9.10. The molecule has 0 saturated carbocycles. The quantitative estimate of drug-likeness (QED) is 0.807. The van der Waals surface area contributed by atoms with Crippen LogP contribution < -0.4 is 10.1 Å². The van der Waals surface area contributed by atoms with Crippen molar-refractivity contribution in [1.82, 2.24) is 5.32 Å². The van der Waals surface area contributed by atoms with Crippen LogP contribution in [0.1, 0.15) is 58.1 Å². The fraction of sp³-hybridized carbons (Fsp3) is 0.647. The standard InChI is InChI=1S/C17H26BrNO/c1-5-12(3)10-17(6-2)11-15(19-4)14-9-13(18)7-8-16(14)20-17/h7-9,12,15,19H,5-6,10-11H2,1-4H3. The van der Waals surface area contributed by atoms with Crippen molar-refractivity contribution in [2.75, 3.05) is 7.05 Å². The van der Waals surface area contributed by atoms with Gasteiger partial charge in [-0.05, 0) is 44.0 Å². The molecule has 1 aromatic rings. The summed E-state index contributed by atoms with van der Waals surface area (Å²) in [5, 5.41) is 3.47. The first kappa shape index (κ1) is 15.8. The Bertz CT molecular complexity index is 462. The summed E-state index contributed by atoms with van der Waals surface area (Å²) in [5.41, 5.74) is 1.25. The first-order valence-electron chi connectivity index (χ1n) is 7.69. The molecule has 1 aromatic carbocycles. The largest absolute Gasteiger partial charge is 0.487 e. The van der Waals surface area contributed by atoms with E-state index in [0.717, 1.165) is 29.5 Å². The second-order valence-electron chi connectivity index (χ2n) is 6.08. The van der Waals surface area contributed by atoms with Crippen LogP contribution in [0.4, 0.5) is 0 Å². The van der Waals surface area contributed by atoms with Crippen molar-refractivity contribution in [3.05, 3.63) is 28.2 Å². The maximum absolute atomic E-state index is 6.47. The molecule has 0 radical (unpaired) electrons. The molecule has 3 heteroatoms. The van der Waals surface area contributed by atoms with E-state index in [-0.39, 0.29) is 5.60 Å². The topological polar surface area (TPSA) is 21.3 Å². The Hall–Kier alpha value is -0.540. The Labute approximate surface area is 131 Å². The minimum atomic E-state index is -0.0239. The molecule has 1 aliphatic rings. The summed E-state index contributed by atoms with van der Waals surface area (Å²) >= 11 is 3.56. The van der Waals surface area contributed by atoms with E-state index >= 15 is 0 Å². The lowest BCUT2D eigenvalue weighted by Gasteiger charge is -2.43. The van der Waals surface area contributed by atoms with Crippen molar-refractivity contribution in [1.29, 1.82) is 0 Å². The Kier molecular flexibility index (Phi) is 5.14. The molecule has 1 heterocycles. The smallest absolute Gasteiger partial charge is 0.125 e. The van der Waals surface area contributed by atoms with Gasteiger partial charge in [0.05, 0.1) is 0 Å². The number of hydrogen-bond donors (Lipinski definition) is 1. The zero-order valence-corrected chi connectivity index (χ0v) is 14.6. The van der Waals surface area contributed by atoms with E-state index in [0.29, 0.717) is 12.0 Å².